The first-order valence-electron chi connectivity index (χ1n) is 8.22. The van der Waals surface area contributed by atoms with Crippen LogP contribution in [0.3, 0.4) is 0 Å². The van der Waals surface area contributed by atoms with E-state index in [1.807, 2.05) is 30.3 Å². The number of rotatable bonds is 6. The van der Waals surface area contributed by atoms with Crippen molar-refractivity contribution in [1.82, 2.24) is 9.80 Å². The van der Waals surface area contributed by atoms with E-state index in [1.54, 1.807) is 0 Å². The van der Waals surface area contributed by atoms with E-state index in [9.17, 15) is 0 Å². The van der Waals surface area contributed by atoms with Crippen molar-refractivity contribution in [2.45, 2.75) is 6.10 Å². The third kappa shape index (κ3) is 4.95. The van der Waals surface area contributed by atoms with E-state index >= 15 is 0 Å². The molecule has 0 atom stereocenters. The van der Waals surface area contributed by atoms with Gasteiger partial charge in [-0.3, -0.25) is 9.80 Å². The van der Waals surface area contributed by atoms with Crippen LogP contribution in [0.15, 0.2) is 30.3 Å². The first-order chi connectivity index (χ1) is 10.9. The largest absolute Gasteiger partial charge is 0.488 e. The fourth-order valence-corrected chi connectivity index (χ4v) is 2.97. The van der Waals surface area contributed by atoms with E-state index in [2.05, 4.69) is 9.80 Å². The van der Waals surface area contributed by atoms with Crippen LogP contribution in [-0.2, 0) is 9.47 Å². The van der Waals surface area contributed by atoms with Gasteiger partial charge < -0.3 is 14.2 Å². The topological polar surface area (TPSA) is 34.2 Å². The van der Waals surface area contributed by atoms with E-state index in [4.69, 9.17) is 14.2 Å². The predicted octanol–water partition coefficient (Wildman–Crippen LogP) is 1.10. The molecule has 0 spiro atoms. The molecule has 0 aliphatic carbocycles. The summed E-state index contributed by atoms with van der Waals surface area (Å²) in [5, 5.41) is 0. The van der Waals surface area contributed by atoms with Crippen LogP contribution >= 0.6 is 0 Å². The molecule has 1 aromatic carbocycles. The van der Waals surface area contributed by atoms with E-state index < -0.39 is 0 Å². The van der Waals surface area contributed by atoms with Crippen LogP contribution < -0.4 is 4.74 Å². The molecule has 1 aromatic rings. The van der Waals surface area contributed by atoms with Crippen LogP contribution in [0.25, 0.3) is 0 Å². The number of morpholine rings is 2. The van der Waals surface area contributed by atoms with Crippen LogP contribution in [0, 0.1) is 0 Å². The molecule has 2 aliphatic rings. The number of hydrogen-bond donors (Lipinski definition) is 0. The Labute approximate surface area is 132 Å². The van der Waals surface area contributed by atoms with Crippen molar-refractivity contribution in [1.29, 1.82) is 0 Å². The molecular formula is C17H26N2O3. The maximum absolute atomic E-state index is 6.26. The van der Waals surface area contributed by atoms with Crippen molar-refractivity contribution in [3.05, 3.63) is 30.3 Å². The fourth-order valence-electron chi connectivity index (χ4n) is 2.97. The molecule has 5 heteroatoms. The average molecular weight is 306 g/mol. The molecule has 0 bridgehead atoms. The van der Waals surface area contributed by atoms with Gasteiger partial charge >= 0.3 is 0 Å². The summed E-state index contributed by atoms with van der Waals surface area (Å²) in [7, 11) is 0. The van der Waals surface area contributed by atoms with Crippen molar-refractivity contribution in [3.63, 3.8) is 0 Å². The van der Waals surface area contributed by atoms with Gasteiger partial charge in [-0.25, -0.2) is 0 Å². The lowest BCUT2D eigenvalue weighted by Gasteiger charge is -2.34. The number of ether oxygens (including phenoxy) is 3. The van der Waals surface area contributed by atoms with Gasteiger partial charge in [0.15, 0.2) is 0 Å². The van der Waals surface area contributed by atoms with Gasteiger partial charge in [0.05, 0.1) is 26.4 Å². The predicted molar refractivity (Wildman–Crippen MR) is 85.4 cm³/mol. The molecule has 0 saturated carbocycles. The summed E-state index contributed by atoms with van der Waals surface area (Å²) < 4.78 is 17.1. The molecule has 3 rings (SSSR count). The van der Waals surface area contributed by atoms with Crippen LogP contribution in [0.2, 0.25) is 0 Å². The van der Waals surface area contributed by atoms with Crippen molar-refractivity contribution >= 4 is 0 Å². The zero-order chi connectivity index (χ0) is 15.0. The van der Waals surface area contributed by atoms with Crippen LogP contribution in [0.5, 0.6) is 5.75 Å². The fraction of sp³-hybridized carbons (Fsp3) is 0.647. The molecule has 0 aromatic heterocycles. The first kappa shape index (κ1) is 15.7. The Morgan fingerprint density at radius 1 is 0.818 bits per heavy atom. The Bertz CT molecular complexity index is 397. The SMILES string of the molecule is c1ccc(OC(CN2CCOCC2)CN2CCOCC2)cc1. The molecule has 5 nitrogen and oxygen atoms in total. The Kier molecular flexibility index (Phi) is 6.07. The minimum absolute atomic E-state index is 0.179. The molecular weight excluding hydrogens is 280 g/mol. The molecule has 2 heterocycles. The number of hydrogen-bond acceptors (Lipinski definition) is 5. The lowest BCUT2D eigenvalue weighted by molar-refractivity contribution is -0.00512. The highest BCUT2D eigenvalue weighted by atomic mass is 16.5. The third-order valence-electron chi connectivity index (χ3n) is 4.18. The summed E-state index contributed by atoms with van der Waals surface area (Å²) >= 11 is 0. The van der Waals surface area contributed by atoms with Crippen LogP contribution in [0.1, 0.15) is 0 Å². The van der Waals surface area contributed by atoms with Crippen molar-refractivity contribution in [3.8, 4) is 5.75 Å². The van der Waals surface area contributed by atoms with E-state index in [0.29, 0.717) is 0 Å². The number of para-hydroxylation sites is 1. The van der Waals surface area contributed by atoms with E-state index in [0.717, 1.165) is 71.4 Å². The standard InChI is InChI=1S/C17H26N2O3/c1-2-4-16(5-3-1)22-17(14-18-6-10-20-11-7-18)15-19-8-12-21-13-9-19/h1-5,17H,6-15H2. The highest BCUT2D eigenvalue weighted by Crippen LogP contribution is 2.13. The second-order valence-corrected chi connectivity index (χ2v) is 5.88. The van der Waals surface area contributed by atoms with Crippen LogP contribution in [-0.4, -0.2) is 81.6 Å². The van der Waals surface area contributed by atoms with Gasteiger partial charge in [-0.05, 0) is 12.1 Å². The van der Waals surface area contributed by atoms with E-state index in [1.165, 1.54) is 0 Å². The second-order valence-electron chi connectivity index (χ2n) is 5.88. The monoisotopic (exact) mass is 306 g/mol. The molecule has 0 amide bonds. The average Bonchev–Trinajstić information content (AvgIpc) is 2.57. The van der Waals surface area contributed by atoms with Gasteiger partial charge in [-0.15, -0.1) is 0 Å². The lowest BCUT2D eigenvalue weighted by atomic mass is 10.2. The number of benzene rings is 1. The van der Waals surface area contributed by atoms with Crippen LogP contribution in [0.4, 0.5) is 0 Å². The second kappa shape index (κ2) is 8.48. The van der Waals surface area contributed by atoms with Gasteiger partial charge in [0.2, 0.25) is 0 Å². The molecule has 2 aliphatic heterocycles. The molecule has 122 valence electrons. The molecule has 2 fully saturated rings. The maximum Gasteiger partial charge on any atom is 0.124 e. The quantitative estimate of drug-likeness (QED) is 0.786. The van der Waals surface area contributed by atoms with Crippen molar-refractivity contribution < 1.29 is 14.2 Å². The maximum atomic E-state index is 6.26. The Morgan fingerprint density at radius 2 is 1.32 bits per heavy atom. The Balaban J connectivity index is 1.58. The van der Waals surface area contributed by atoms with Crippen molar-refractivity contribution in [2.24, 2.45) is 0 Å². The smallest absolute Gasteiger partial charge is 0.124 e. The zero-order valence-corrected chi connectivity index (χ0v) is 13.2. The molecule has 0 unspecified atom stereocenters. The van der Waals surface area contributed by atoms with Gasteiger partial charge in [-0.2, -0.15) is 0 Å². The third-order valence-corrected chi connectivity index (χ3v) is 4.18. The molecule has 22 heavy (non-hydrogen) atoms. The highest BCUT2D eigenvalue weighted by molar-refractivity contribution is 5.21. The minimum atomic E-state index is 0.179. The highest BCUT2D eigenvalue weighted by Gasteiger charge is 2.22. The van der Waals surface area contributed by atoms with Gasteiger partial charge in [-0.1, -0.05) is 18.2 Å². The molecule has 2 saturated heterocycles. The summed E-state index contributed by atoms with van der Waals surface area (Å²) in [5.41, 5.74) is 0. The molecule has 0 N–H and O–H groups in total. The summed E-state index contributed by atoms with van der Waals surface area (Å²) in [4.78, 5) is 4.88. The minimum Gasteiger partial charge on any atom is -0.488 e. The van der Waals surface area contributed by atoms with Gasteiger partial charge in [0, 0.05) is 39.3 Å². The lowest BCUT2D eigenvalue weighted by Crippen LogP contribution is -2.49. The molecule has 0 radical (unpaired) electrons. The summed E-state index contributed by atoms with van der Waals surface area (Å²) in [6.07, 6.45) is 0.179. The van der Waals surface area contributed by atoms with Gasteiger partial charge in [0.1, 0.15) is 11.9 Å². The first-order valence-corrected chi connectivity index (χ1v) is 8.22. The number of nitrogens with zero attached hydrogens (tertiary/aromatic N) is 2. The van der Waals surface area contributed by atoms with Gasteiger partial charge in [0.25, 0.3) is 0 Å². The zero-order valence-electron chi connectivity index (χ0n) is 13.2. The summed E-state index contributed by atoms with van der Waals surface area (Å²) in [5.74, 6) is 0.953. The Hall–Kier alpha value is -1.14. The van der Waals surface area contributed by atoms with E-state index in [-0.39, 0.29) is 6.10 Å². The van der Waals surface area contributed by atoms with Crippen molar-refractivity contribution in [2.75, 3.05) is 65.7 Å². The summed E-state index contributed by atoms with van der Waals surface area (Å²) in [6.45, 7) is 9.21. The Morgan fingerprint density at radius 3 is 1.82 bits per heavy atom. The normalized spacial score (nSPS) is 21.1. The summed E-state index contributed by atoms with van der Waals surface area (Å²) in [6, 6.07) is 10.1.